The highest BCUT2D eigenvalue weighted by Crippen LogP contribution is 2.30. The Morgan fingerprint density at radius 1 is 1.17 bits per heavy atom. The van der Waals surface area contributed by atoms with Crippen LogP contribution >= 0.6 is 0 Å². The van der Waals surface area contributed by atoms with Crippen LogP contribution < -0.4 is 10.1 Å². The van der Waals surface area contributed by atoms with E-state index in [0.717, 1.165) is 23.9 Å². The Balaban J connectivity index is 1.57. The molecule has 1 aliphatic rings. The lowest BCUT2D eigenvalue weighted by molar-refractivity contribution is 0.0949. The van der Waals surface area contributed by atoms with Crippen LogP contribution in [-0.4, -0.2) is 48.4 Å². The number of nitrogens with zero attached hydrogens (tertiary/aromatic N) is 3. The largest absolute Gasteiger partial charge is 0.495 e. The van der Waals surface area contributed by atoms with E-state index in [4.69, 9.17) is 4.74 Å². The molecule has 0 unspecified atom stereocenters. The van der Waals surface area contributed by atoms with Crippen molar-refractivity contribution < 1.29 is 17.9 Å². The van der Waals surface area contributed by atoms with Gasteiger partial charge >= 0.3 is 0 Å². The lowest BCUT2D eigenvalue weighted by atomic mass is 10.2. The summed E-state index contributed by atoms with van der Waals surface area (Å²) in [6.45, 7) is 1.19. The molecule has 0 aliphatic carbocycles. The molecular weight excluding hydrogens is 404 g/mol. The lowest BCUT2D eigenvalue weighted by Gasteiger charge is -2.18. The van der Waals surface area contributed by atoms with E-state index in [2.05, 4.69) is 10.3 Å². The second kappa shape index (κ2) is 8.08. The van der Waals surface area contributed by atoms with E-state index in [1.165, 1.54) is 23.5 Å². The fraction of sp³-hybridized carbons (Fsp3) is 0.333. The van der Waals surface area contributed by atoms with E-state index in [9.17, 15) is 13.2 Å². The number of imidazole rings is 1. The summed E-state index contributed by atoms with van der Waals surface area (Å²) < 4.78 is 34.6. The molecule has 0 saturated carbocycles. The fourth-order valence-corrected chi connectivity index (χ4v) is 5.40. The molecule has 2 heterocycles. The number of aryl methyl sites for hydroxylation is 1. The van der Waals surface area contributed by atoms with Crippen LogP contribution in [0.4, 0.5) is 0 Å². The van der Waals surface area contributed by atoms with E-state index in [-0.39, 0.29) is 28.7 Å². The summed E-state index contributed by atoms with van der Waals surface area (Å²) in [5.74, 6) is 0.569. The summed E-state index contributed by atoms with van der Waals surface area (Å²) in [7, 11) is -0.403. The van der Waals surface area contributed by atoms with Crippen molar-refractivity contribution in [3.8, 4) is 5.75 Å². The Morgan fingerprint density at radius 2 is 1.90 bits per heavy atom. The minimum atomic E-state index is -3.72. The molecule has 30 heavy (non-hydrogen) atoms. The molecule has 1 saturated heterocycles. The van der Waals surface area contributed by atoms with Crippen molar-refractivity contribution in [2.24, 2.45) is 7.05 Å². The number of sulfonamides is 1. The van der Waals surface area contributed by atoms with Crippen molar-refractivity contribution >= 4 is 27.0 Å². The van der Waals surface area contributed by atoms with Gasteiger partial charge in [0.15, 0.2) is 0 Å². The third-order valence-corrected chi connectivity index (χ3v) is 7.32. The molecule has 1 aliphatic heterocycles. The van der Waals surface area contributed by atoms with Crippen molar-refractivity contribution in [3.63, 3.8) is 0 Å². The number of nitrogens with one attached hydrogen (secondary N) is 1. The fourth-order valence-electron chi connectivity index (χ4n) is 3.70. The van der Waals surface area contributed by atoms with E-state index in [1.54, 1.807) is 6.07 Å². The van der Waals surface area contributed by atoms with Crippen LogP contribution in [0.1, 0.15) is 29.0 Å². The molecule has 9 heteroatoms. The minimum absolute atomic E-state index is 0.0160. The van der Waals surface area contributed by atoms with Crippen LogP contribution in [0.5, 0.6) is 5.75 Å². The zero-order valence-corrected chi connectivity index (χ0v) is 17.8. The zero-order chi connectivity index (χ0) is 21.3. The molecule has 0 spiro atoms. The molecule has 0 atom stereocenters. The van der Waals surface area contributed by atoms with Crippen molar-refractivity contribution in [1.29, 1.82) is 0 Å². The Hall–Kier alpha value is -2.91. The number of rotatable bonds is 6. The van der Waals surface area contributed by atoms with E-state index in [0.29, 0.717) is 18.9 Å². The number of fused-ring (bicyclic) bond motifs is 1. The number of para-hydroxylation sites is 2. The Labute approximate surface area is 175 Å². The first-order chi connectivity index (χ1) is 14.4. The van der Waals surface area contributed by atoms with Crippen LogP contribution in [0.2, 0.25) is 0 Å². The standard InChI is InChI=1S/C21H24N4O4S/c1-24-17-8-4-3-7-16(17)23-20(24)14-22-21(26)15-9-10-18(29-2)19(13-15)30(27,28)25-11-5-6-12-25/h3-4,7-10,13H,5-6,11-12,14H2,1-2H3,(H,22,26). The van der Waals surface area contributed by atoms with Crippen LogP contribution in [0.15, 0.2) is 47.4 Å². The van der Waals surface area contributed by atoms with Gasteiger partial charge in [0.1, 0.15) is 16.5 Å². The van der Waals surface area contributed by atoms with Gasteiger partial charge in [-0.05, 0) is 43.2 Å². The van der Waals surface area contributed by atoms with Crippen LogP contribution in [-0.2, 0) is 23.6 Å². The highest BCUT2D eigenvalue weighted by Gasteiger charge is 2.30. The molecule has 8 nitrogen and oxygen atoms in total. The third-order valence-electron chi connectivity index (χ3n) is 5.40. The van der Waals surface area contributed by atoms with Gasteiger partial charge in [0.25, 0.3) is 5.91 Å². The number of ether oxygens (including phenoxy) is 1. The summed E-state index contributed by atoms with van der Waals surface area (Å²) in [5.41, 5.74) is 2.09. The number of aromatic nitrogens is 2. The van der Waals surface area contributed by atoms with Gasteiger partial charge in [0.2, 0.25) is 10.0 Å². The van der Waals surface area contributed by atoms with Crippen molar-refractivity contribution in [1.82, 2.24) is 19.2 Å². The third kappa shape index (κ3) is 3.66. The zero-order valence-electron chi connectivity index (χ0n) is 17.0. The van der Waals surface area contributed by atoms with Crippen LogP contribution in [0, 0.1) is 0 Å². The highest BCUT2D eigenvalue weighted by atomic mass is 32.2. The van der Waals surface area contributed by atoms with Gasteiger partial charge in [0.05, 0.1) is 24.7 Å². The predicted octanol–water partition coefficient (Wildman–Crippen LogP) is 2.30. The number of amides is 1. The van der Waals surface area contributed by atoms with Crippen LogP contribution in [0.3, 0.4) is 0 Å². The normalized spacial score (nSPS) is 14.9. The Morgan fingerprint density at radius 3 is 2.60 bits per heavy atom. The maximum atomic E-state index is 13.0. The summed E-state index contributed by atoms with van der Waals surface area (Å²) in [6.07, 6.45) is 1.67. The Kier molecular flexibility index (Phi) is 5.48. The topological polar surface area (TPSA) is 93.5 Å². The van der Waals surface area contributed by atoms with Crippen molar-refractivity contribution in [2.75, 3.05) is 20.2 Å². The number of hydrogen-bond donors (Lipinski definition) is 1. The molecule has 1 amide bonds. The first-order valence-electron chi connectivity index (χ1n) is 9.78. The first-order valence-corrected chi connectivity index (χ1v) is 11.2. The number of benzene rings is 2. The number of carbonyl (C=O) groups excluding carboxylic acids is 1. The van der Waals surface area contributed by atoms with Gasteiger partial charge in [-0.15, -0.1) is 0 Å². The highest BCUT2D eigenvalue weighted by molar-refractivity contribution is 7.89. The van der Waals surface area contributed by atoms with E-state index in [1.807, 2.05) is 35.9 Å². The number of hydrogen-bond acceptors (Lipinski definition) is 5. The maximum absolute atomic E-state index is 13.0. The number of carbonyl (C=O) groups is 1. The van der Waals surface area contributed by atoms with Gasteiger partial charge in [-0.2, -0.15) is 4.31 Å². The molecule has 2 aromatic carbocycles. The molecular formula is C21H24N4O4S. The average molecular weight is 429 g/mol. The summed E-state index contributed by atoms with van der Waals surface area (Å²) in [6, 6.07) is 12.2. The molecule has 1 aromatic heterocycles. The SMILES string of the molecule is COc1ccc(C(=O)NCc2nc3ccccc3n2C)cc1S(=O)(=O)N1CCCC1. The van der Waals surface area contributed by atoms with Gasteiger partial charge in [0, 0.05) is 25.7 Å². The second-order valence-electron chi connectivity index (χ2n) is 7.24. The first kappa shape index (κ1) is 20.4. The van der Waals surface area contributed by atoms with Gasteiger partial charge in [-0.25, -0.2) is 13.4 Å². The number of methoxy groups -OCH3 is 1. The van der Waals surface area contributed by atoms with Crippen LogP contribution in [0.25, 0.3) is 11.0 Å². The molecule has 0 bridgehead atoms. The maximum Gasteiger partial charge on any atom is 0.251 e. The van der Waals surface area contributed by atoms with E-state index >= 15 is 0 Å². The average Bonchev–Trinajstić information content (AvgIpc) is 3.41. The smallest absolute Gasteiger partial charge is 0.251 e. The quantitative estimate of drug-likeness (QED) is 0.650. The monoisotopic (exact) mass is 428 g/mol. The molecule has 1 N–H and O–H groups in total. The predicted molar refractivity (Wildman–Crippen MR) is 113 cm³/mol. The summed E-state index contributed by atoms with van der Waals surface area (Å²) >= 11 is 0. The van der Waals surface area contributed by atoms with Crippen molar-refractivity contribution in [3.05, 3.63) is 53.9 Å². The van der Waals surface area contributed by atoms with Gasteiger partial charge in [-0.1, -0.05) is 12.1 Å². The molecule has 4 rings (SSSR count). The molecule has 1 fully saturated rings. The summed E-state index contributed by atoms with van der Waals surface area (Å²) in [5, 5.41) is 2.83. The van der Waals surface area contributed by atoms with Gasteiger partial charge < -0.3 is 14.6 Å². The second-order valence-corrected chi connectivity index (χ2v) is 9.14. The minimum Gasteiger partial charge on any atom is -0.495 e. The molecule has 0 radical (unpaired) electrons. The van der Waals surface area contributed by atoms with Crippen molar-refractivity contribution in [2.45, 2.75) is 24.3 Å². The Bertz CT molecular complexity index is 1200. The summed E-state index contributed by atoms with van der Waals surface area (Å²) in [4.78, 5) is 17.3. The van der Waals surface area contributed by atoms with E-state index < -0.39 is 10.0 Å². The molecule has 3 aromatic rings. The molecule has 158 valence electrons. The lowest BCUT2D eigenvalue weighted by Crippen LogP contribution is -2.29. The van der Waals surface area contributed by atoms with Gasteiger partial charge in [-0.3, -0.25) is 4.79 Å².